The summed E-state index contributed by atoms with van der Waals surface area (Å²) in [6.07, 6.45) is 6.98. The Balaban J connectivity index is 1.84. The Labute approximate surface area is 124 Å². The van der Waals surface area contributed by atoms with Gasteiger partial charge in [-0.3, -0.25) is 9.47 Å². The normalized spacial score (nSPS) is 27.5. The first-order valence-corrected chi connectivity index (χ1v) is 7.95. The molecular weight excluding hydrogens is 264 g/mol. The second kappa shape index (κ2) is 5.39. The van der Waals surface area contributed by atoms with E-state index in [1.54, 1.807) is 0 Å². The minimum absolute atomic E-state index is 0.391. The maximum absolute atomic E-state index is 5.69. The van der Waals surface area contributed by atoms with E-state index in [-0.39, 0.29) is 0 Å². The molecule has 0 radical (unpaired) electrons. The zero-order chi connectivity index (χ0) is 14.2. The van der Waals surface area contributed by atoms with E-state index in [2.05, 4.69) is 27.6 Å². The third-order valence-corrected chi connectivity index (χ3v) is 4.78. The first-order chi connectivity index (χ1) is 10.3. The first kappa shape index (κ1) is 13.2. The van der Waals surface area contributed by atoms with Crippen molar-refractivity contribution >= 4 is 11.2 Å². The van der Waals surface area contributed by atoms with Crippen LogP contribution in [0.5, 0.6) is 0 Å². The SMILES string of the molecule is CN1CCCC1n1c(C2CCCOC2)nc2cccnc21. The number of fused-ring (bicyclic) bond motifs is 1. The molecule has 2 atom stereocenters. The molecule has 2 aliphatic heterocycles. The average Bonchev–Trinajstić information content (AvgIpc) is 3.11. The van der Waals surface area contributed by atoms with Gasteiger partial charge in [0.15, 0.2) is 5.65 Å². The lowest BCUT2D eigenvalue weighted by Gasteiger charge is -2.27. The molecule has 0 saturated carbocycles. The van der Waals surface area contributed by atoms with Gasteiger partial charge >= 0.3 is 0 Å². The Kier molecular flexibility index (Phi) is 3.39. The topological polar surface area (TPSA) is 43.2 Å². The second-order valence-corrected chi connectivity index (χ2v) is 6.20. The number of rotatable bonds is 2. The zero-order valence-corrected chi connectivity index (χ0v) is 12.5. The zero-order valence-electron chi connectivity index (χ0n) is 12.5. The molecule has 2 aromatic rings. The predicted octanol–water partition coefficient (Wildman–Crippen LogP) is 2.55. The van der Waals surface area contributed by atoms with E-state index in [0.29, 0.717) is 12.1 Å². The highest BCUT2D eigenvalue weighted by molar-refractivity contribution is 5.71. The number of nitrogens with zero attached hydrogens (tertiary/aromatic N) is 4. The summed E-state index contributed by atoms with van der Waals surface area (Å²) in [6.45, 7) is 2.83. The van der Waals surface area contributed by atoms with Crippen LogP contribution in [0.2, 0.25) is 0 Å². The van der Waals surface area contributed by atoms with Gasteiger partial charge in [0.05, 0.1) is 12.8 Å². The van der Waals surface area contributed by atoms with Crippen LogP contribution in [0.1, 0.15) is 43.6 Å². The van der Waals surface area contributed by atoms with Crippen molar-refractivity contribution in [3.63, 3.8) is 0 Å². The third-order valence-electron chi connectivity index (χ3n) is 4.78. The monoisotopic (exact) mass is 286 g/mol. The van der Waals surface area contributed by atoms with Gasteiger partial charge in [0.25, 0.3) is 0 Å². The van der Waals surface area contributed by atoms with E-state index in [9.17, 15) is 0 Å². The highest BCUT2D eigenvalue weighted by Gasteiger charge is 2.31. The molecule has 2 saturated heterocycles. The average molecular weight is 286 g/mol. The number of imidazole rings is 1. The van der Waals surface area contributed by atoms with Gasteiger partial charge in [-0.15, -0.1) is 0 Å². The minimum atomic E-state index is 0.391. The fraction of sp³-hybridized carbons (Fsp3) is 0.625. The van der Waals surface area contributed by atoms with Crippen molar-refractivity contribution in [1.29, 1.82) is 0 Å². The molecular formula is C16H22N4O. The van der Waals surface area contributed by atoms with E-state index in [1.807, 2.05) is 12.3 Å². The van der Waals surface area contributed by atoms with Gasteiger partial charge < -0.3 is 4.74 Å². The van der Waals surface area contributed by atoms with Gasteiger partial charge in [0.2, 0.25) is 0 Å². The van der Waals surface area contributed by atoms with E-state index in [1.165, 1.54) is 25.1 Å². The van der Waals surface area contributed by atoms with Crippen LogP contribution in [-0.4, -0.2) is 46.2 Å². The van der Waals surface area contributed by atoms with Crippen LogP contribution in [-0.2, 0) is 4.74 Å². The molecule has 0 amide bonds. The largest absolute Gasteiger partial charge is 0.381 e. The Hall–Kier alpha value is -1.46. The highest BCUT2D eigenvalue weighted by atomic mass is 16.5. The van der Waals surface area contributed by atoms with Crippen LogP contribution < -0.4 is 0 Å². The van der Waals surface area contributed by atoms with Gasteiger partial charge in [-0.2, -0.15) is 0 Å². The Morgan fingerprint density at radius 2 is 2.24 bits per heavy atom. The van der Waals surface area contributed by atoms with Crippen LogP contribution in [0.25, 0.3) is 11.2 Å². The molecule has 4 rings (SSSR count). The summed E-state index contributed by atoms with van der Waals surface area (Å²) in [6, 6.07) is 4.04. The molecule has 4 heterocycles. The Morgan fingerprint density at radius 3 is 3.00 bits per heavy atom. The van der Waals surface area contributed by atoms with Crippen LogP contribution in [0.4, 0.5) is 0 Å². The molecule has 2 unspecified atom stereocenters. The molecule has 112 valence electrons. The molecule has 0 aliphatic carbocycles. The Morgan fingerprint density at radius 1 is 1.29 bits per heavy atom. The van der Waals surface area contributed by atoms with Crippen molar-refractivity contribution in [2.75, 3.05) is 26.8 Å². The minimum Gasteiger partial charge on any atom is -0.381 e. The summed E-state index contributed by atoms with van der Waals surface area (Å²) in [5, 5.41) is 0. The highest BCUT2D eigenvalue weighted by Crippen LogP contribution is 2.34. The standard InChI is InChI=1S/C16H22N4O/c1-19-9-3-7-14(19)20-15(12-5-4-10-21-11-12)18-13-6-2-8-17-16(13)20/h2,6,8,12,14H,3-5,7,9-11H2,1H3. The number of likely N-dealkylation sites (tertiary alicyclic amines) is 1. The van der Waals surface area contributed by atoms with Crippen molar-refractivity contribution < 1.29 is 4.74 Å². The molecule has 5 heteroatoms. The summed E-state index contributed by atoms with van der Waals surface area (Å²) in [7, 11) is 2.20. The van der Waals surface area contributed by atoms with Gasteiger partial charge in [-0.05, 0) is 51.4 Å². The summed E-state index contributed by atoms with van der Waals surface area (Å²) < 4.78 is 8.07. The van der Waals surface area contributed by atoms with Gasteiger partial charge in [0, 0.05) is 18.7 Å². The Bertz CT molecular complexity index is 632. The van der Waals surface area contributed by atoms with Crippen molar-refractivity contribution in [2.45, 2.75) is 37.8 Å². The number of hydrogen-bond donors (Lipinski definition) is 0. The van der Waals surface area contributed by atoms with Crippen molar-refractivity contribution in [3.8, 4) is 0 Å². The molecule has 2 aliphatic rings. The molecule has 21 heavy (non-hydrogen) atoms. The van der Waals surface area contributed by atoms with Crippen LogP contribution in [0, 0.1) is 0 Å². The summed E-state index contributed by atoms with van der Waals surface area (Å²) in [5.74, 6) is 1.57. The van der Waals surface area contributed by atoms with Gasteiger partial charge in [0.1, 0.15) is 11.3 Å². The van der Waals surface area contributed by atoms with Crippen LogP contribution >= 0.6 is 0 Å². The fourth-order valence-electron chi connectivity index (χ4n) is 3.69. The summed E-state index contributed by atoms with van der Waals surface area (Å²) in [4.78, 5) is 11.9. The van der Waals surface area contributed by atoms with Crippen LogP contribution in [0.3, 0.4) is 0 Å². The maximum atomic E-state index is 5.69. The van der Waals surface area contributed by atoms with Gasteiger partial charge in [-0.1, -0.05) is 0 Å². The quantitative estimate of drug-likeness (QED) is 0.851. The molecule has 0 aromatic carbocycles. The summed E-state index contributed by atoms with van der Waals surface area (Å²) >= 11 is 0. The summed E-state index contributed by atoms with van der Waals surface area (Å²) in [5.41, 5.74) is 2.04. The number of ether oxygens (including phenoxy) is 1. The first-order valence-electron chi connectivity index (χ1n) is 7.95. The molecule has 0 N–H and O–H groups in total. The lowest BCUT2D eigenvalue weighted by atomic mass is 10.0. The van der Waals surface area contributed by atoms with Crippen LogP contribution in [0.15, 0.2) is 18.3 Å². The van der Waals surface area contributed by atoms with E-state index in [4.69, 9.17) is 9.72 Å². The second-order valence-electron chi connectivity index (χ2n) is 6.20. The number of aromatic nitrogens is 3. The smallest absolute Gasteiger partial charge is 0.161 e. The van der Waals surface area contributed by atoms with Gasteiger partial charge in [-0.25, -0.2) is 9.97 Å². The van der Waals surface area contributed by atoms with E-state index < -0.39 is 0 Å². The number of pyridine rings is 1. The van der Waals surface area contributed by atoms with E-state index >= 15 is 0 Å². The van der Waals surface area contributed by atoms with Crippen molar-refractivity contribution in [1.82, 2.24) is 19.4 Å². The third kappa shape index (κ3) is 2.24. The molecule has 2 aromatic heterocycles. The lowest BCUT2D eigenvalue weighted by Crippen LogP contribution is -2.27. The van der Waals surface area contributed by atoms with Crippen molar-refractivity contribution in [2.24, 2.45) is 0 Å². The van der Waals surface area contributed by atoms with E-state index in [0.717, 1.165) is 37.3 Å². The molecule has 5 nitrogen and oxygen atoms in total. The molecule has 0 spiro atoms. The lowest BCUT2D eigenvalue weighted by molar-refractivity contribution is 0.0752. The predicted molar refractivity (Wildman–Crippen MR) is 81.2 cm³/mol. The maximum Gasteiger partial charge on any atom is 0.161 e. The number of hydrogen-bond acceptors (Lipinski definition) is 4. The van der Waals surface area contributed by atoms with Crippen molar-refractivity contribution in [3.05, 3.63) is 24.2 Å². The molecule has 0 bridgehead atoms. The fourth-order valence-corrected chi connectivity index (χ4v) is 3.69. The molecule has 2 fully saturated rings.